The second-order valence-corrected chi connectivity index (χ2v) is 6.74. The first kappa shape index (κ1) is 20.0. The van der Waals surface area contributed by atoms with Crippen LogP contribution in [0, 0.1) is 5.41 Å². The zero-order valence-corrected chi connectivity index (χ0v) is 16.0. The Hall–Kier alpha value is -2.72. The van der Waals surface area contributed by atoms with E-state index < -0.39 is 13.1 Å². The fourth-order valence-electron chi connectivity index (χ4n) is 3.31. The Labute approximate surface area is 167 Å². The van der Waals surface area contributed by atoms with Gasteiger partial charge in [-0.1, -0.05) is 6.07 Å². The summed E-state index contributed by atoms with van der Waals surface area (Å²) in [5, 5.41) is 31.6. The number of nitrogens with zero attached hydrogens (tertiary/aromatic N) is 3. The molecule has 0 atom stereocenters. The van der Waals surface area contributed by atoms with Gasteiger partial charge in [-0.3, -0.25) is 10.1 Å². The van der Waals surface area contributed by atoms with Gasteiger partial charge in [0.15, 0.2) is 0 Å². The SMILES string of the molecule is Cl.Cn1cc(C(=N)N2CC(Oc3ccc4c(c3C(=O)O)OB(O)CC4)C2)cn1. The zero-order chi connectivity index (χ0) is 19.1. The third-order valence-electron chi connectivity index (χ3n) is 4.77. The Morgan fingerprint density at radius 2 is 2.18 bits per heavy atom. The molecule has 2 aromatic rings. The predicted octanol–water partition coefficient (Wildman–Crippen LogP) is 1.04. The number of benzene rings is 1. The summed E-state index contributed by atoms with van der Waals surface area (Å²) in [6.07, 6.45) is 4.15. The quantitative estimate of drug-likeness (QED) is 0.394. The molecular weight excluding hydrogens is 386 g/mol. The number of hydrogen-bond acceptors (Lipinski definition) is 6. The number of carbonyl (C=O) groups is 1. The smallest absolute Gasteiger partial charge is 0.522 e. The fourth-order valence-corrected chi connectivity index (χ4v) is 3.31. The molecular formula is C17H20BClN4O5. The highest BCUT2D eigenvalue weighted by molar-refractivity contribution is 6.44. The van der Waals surface area contributed by atoms with E-state index in [0.717, 1.165) is 11.1 Å². The molecule has 11 heteroatoms. The molecule has 0 bridgehead atoms. The van der Waals surface area contributed by atoms with Crippen LogP contribution >= 0.6 is 12.4 Å². The maximum absolute atomic E-state index is 11.8. The molecule has 3 heterocycles. The average Bonchev–Trinajstić information content (AvgIpc) is 3.02. The van der Waals surface area contributed by atoms with E-state index in [1.165, 1.54) is 0 Å². The zero-order valence-electron chi connectivity index (χ0n) is 15.2. The molecule has 3 N–H and O–H groups in total. The number of nitrogens with one attached hydrogen (secondary N) is 1. The Balaban J connectivity index is 0.00000225. The summed E-state index contributed by atoms with van der Waals surface area (Å²) in [6, 6.07) is 3.41. The largest absolute Gasteiger partial charge is 0.535 e. The Morgan fingerprint density at radius 1 is 1.43 bits per heavy atom. The van der Waals surface area contributed by atoms with Gasteiger partial charge in [-0.25, -0.2) is 4.79 Å². The lowest BCUT2D eigenvalue weighted by Crippen LogP contribution is -2.56. The van der Waals surface area contributed by atoms with Gasteiger partial charge in [0, 0.05) is 13.2 Å². The van der Waals surface area contributed by atoms with Crippen LogP contribution in [0.4, 0.5) is 0 Å². The number of carboxylic acid groups (broad SMARTS) is 1. The van der Waals surface area contributed by atoms with Crippen molar-refractivity contribution < 1.29 is 24.3 Å². The second kappa shape index (κ2) is 7.73. The van der Waals surface area contributed by atoms with Crippen molar-refractivity contribution in [3.63, 3.8) is 0 Å². The van der Waals surface area contributed by atoms with Crippen molar-refractivity contribution in [1.82, 2.24) is 14.7 Å². The first-order valence-electron chi connectivity index (χ1n) is 8.65. The van der Waals surface area contributed by atoms with Gasteiger partial charge in [-0.15, -0.1) is 12.4 Å². The van der Waals surface area contributed by atoms with Crippen LogP contribution in [0.5, 0.6) is 11.5 Å². The number of fused-ring (bicyclic) bond motifs is 1. The van der Waals surface area contributed by atoms with Crippen molar-refractivity contribution >= 4 is 31.3 Å². The summed E-state index contributed by atoms with van der Waals surface area (Å²) >= 11 is 0. The minimum absolute atomic E-state index is 0. The lowest BCUT2D eigenvalue weighted by atomic mass is 9.78. The first-order valence-corrected chi connectivity index (χ1v) is 8.65. The number of halogens is 1. The highest BCUT2D eigenvalue weighted by Crippen LogP contribution is 2.37. The van der Waals surface area contributed by atoms with Crippen LogP contribution in [0.1, 0.15) is 21.5 Å². The molecule has 0 amide bonds. The third-order valence-corrected chi connectivity index (χ3v) is 4.77. The molecule has 9 nitrogen and oxygen atoms in total. The van der Waals surface area contributed by atoms with Crippen molar-refractivity contribution in [2.45, 2.75) is 18.8 Å². The third kappa shape index (κ3) is 3.65. The minimum Gasteiger partial charge on any atom is -0.535 e. The molecule has 0 radical (unpaired) electrons. The molecule has 2 aliphatic rings. The highest BCUT2D eigenvalue weighted by atomic mass is 35.5. The average molecular weight is 407 g/mol. The van der Waals surface area contributed by atoms with Crippen molar-refractivity contribution in [1.29, 1.82) is 5.41 Å². The van der Waals surface area contributed by atoms with Crippen LogP contribution < -0.4 is 9.39 Å². The number of hydrogen-bond donors (Lipinski definition) is 3. The molecule has 1 aromatic carbocycles. The summed E-state index contributed by atoms with van der Waals surface area (Å²) in [6.45, 7) is 0.959. The normalized spacial score (nSPS) is 15.8. The van der Waals surface area contributed by atoms with E-state index in [-0.39, 0.29) is 35.6 Å². The lowest BCUT2D eigenvalue weighted by molar-refractivity contribution is 0.0597. The van der Waals surface area contributed by atoms with Gasteiger partial charge in [0.25, 0.3) is 0 Å². The predicted molar refractivity (Wildman–Crippen MR) is 104 cm³/mol. The van der Waals surface area contributed by atoms with Gasteiger partial charge >= 0.3 is 13.1 Å². The molecule has 1 saturated heterocycles. The molecule has 0 aliphatic carbocycles. The number of carboxylic acids is 1. The van der Waals surface area contributed by atoms with Gasteiger partial charge < -0.3 is 24.4 Å². The summed E-state index contributed by atoms with van der Waals surface area (Å²) in [5.41, 5.74) is 1.41. The van der Waals surface area contributed by atoms with E-state index in [1.807, 2.05) is 4.90 Å². The Morgan fingerprint density at radius 3 is 2.82 bits per heavy atom. The van der Waals surface area contributed by atoms with Crippen molar-refractivity contribution in [3.8, 4) is 11.5 Å². The maximum atomic E-state index is 11.8. The van der Waals surface area contributed by atoms with E-state index in [0.29, 0.717) is 31.7 Å². The van der Waals surface area contributed by atoms with Gasteiger partial charge in [-0.2, -0.15) is 5.10 Å². The summed E-state index contributed by atoms with van der Waals surface area (Å²) in [7, 11) is 0.784. The van der Waals surface area contributed by atoms with Gasteiger partial charge in [0.1, 0.15) is 29.0 Å². The van der Waals surface area contributed by atoms with Crippen LogP contribution in [0.3, 0.4) is 0 Å². The van der Waals surface area contributed by atoms with Crippen LogP contribution in [0.2, 0.25) is 6.32 Å². The van der Waals surface area contributed by atoms with E-state index in [1.54, 1.807) is 36.3 Å². The number of likely N-dealkylation sites (tertiary alicyclic amines) is 1. The van der Waals surface area contributed by atoms with Crippen LogP contribution in [-0.4, -0.2) is 62.9 Å². The summed E-state index contributed by atoms with van der Waals surface area (Å²) in [4.78, 5) is 13.6. The minimum atomic E-state index is -1.16. The number of aryl methyl sites for hydroxylation is 2. The molecule has 0 unspecified atom stereocenters. The number of ether oxygens (including phenoxy) is 1. The van der Waals surface area contributed by atoms with Crippen molar-refractivity contribution in [2.75, 3.05) is 13.1 Å². The first-order chi connectivity index (χ1) is 12.9. The van der Waals surface area contributed by atoms with Crippen molar-refractivity contribution in [2.24, 2.45) is 7.05 Å². The number of rotatable bonds is 4. The summed E-state index contributed by atoms with van der Waals surface area (Å²) in [5.74, 6) is -0.403. The van der Waals surface area contributed by atoms with E-state index in [2.05, 4.69) is 5.10 Å². The maximum Gasteiger partial charge on any atom is 0.522 e. The van der Waals surface area contributed by atoms with E-state index >= 15 is 0 Å². The molecule has 0 spiro atoms. The standard InChI is InChI=1S/C17H19BN4O5.ClH/c1-21-7-11(6-20-21)16(19)22-8-12(9-22)26-13-3-2-10-4-5-18(25)27-15(10)14(13)17(23)24;/h2-3,6-7,12,19,25H,4-5,8-9H2,1H3,(H,23,24);1H. The van der Waals surface area contributed by atoms with E-state index in [9.17, 15) is 14.9 Å². The van der Waals surface area contributed by atoms with Gasteiger partial charge in [0.05, 0.1) is 24.8 Å². The molecule has 148 valence electrons. The monoisotopic (exact) mass is 406 g/mol. The second-order valence-electron chi connectivity index (χ2n) is 6.74. The Bertz CT molecular complexity index is 915. The van der Waals surface area contributed by atoms with Crippen LogP contribution in [-0.2, 0) is 13.5 Å². The molecule has 28 heavy (non-hydrogen) atoms. The van der Waals surface area contributed by atoms with Crippen molar-refractivity contribution in [3.05, 3.63) is 41.2 Å². The molecule has 2 aliphatic heterocycles. The topological polar surface area (TPSA) is 121 Å². The van der Waals surface area contributed by atoms with Gasteiger partial charge in [0.2, 0.25) is 0 Å². The van der Waals surface area contributed by atoms with Crippen LogP contribution in [0.15, 0.2) is 24.5 Å². The lowest BCUT2D eigenvalue weighted by Gasteiger charge is -2.40. The Kier molecular flexibility index (Phi) is 5.53. The van der Waals surface area contributed by atoms with Crippen LogP contribution in [0.25, 0.3) is 0 Å². The molecule has 0 saturated carbocycles. The highest BCUT2D eigenvalue weighted by Gasteiger charge is 2.34. The van der Waals surface area contributed by atoms with E-state index in [4.69, 9.17) is 14.8 Å². The molecule has 4 rings (SSSR count). The fraction of sp³-hybridized carbons (Fsp3) is 0.353. The number of amidine groups is 1. The van der Waals surface area contributed by atoms with Gasteiger partial charge in [-0.05, 0) is 24.4 Å². The molecule has 1 aromatic heterocycles. The number of aromatic carboxylic acids is 1. The number of aromatic nitrogens is 2. The summed E-state index contributed by atoms with van der Waals surface area (Å²) < 4.78 is 12.9. The molecule has 1 fully saturated rings.